The van der Waals surface area contributed by atoms with Crippen LogP contribution in [-0.2, 0) is 26.2 Å². The van der Waals surface area contributed by atoms with Crippen LogP contribution in [0.25, 0.3) is 11.5 Å². The third-order valence-electron chi connectivity index (χ3n) is 5.67. The smallest absolute Gasteiger partial charge is 0.160 e. The lowest BCUT2D eigenvalue weighted by Gasteiger charge is -2.18. The standard InChI is InChI=1S/C19H25N7.2ClH/c1-14-9-15(2)26(22-14)13-19(3-4-19)12-24-7-6-21-18(24)17-10-16-11-20-5-8-25(16)23-17;;/h6-7,9-10,20H,3-5,8,11-13H2,1-2H3;2*1H. The van der Waals surface area contributed by atoms with Crippen molar-refractivity contribution >= 4 is 24.8 Å². The number of nitrogens with one attached hydrogen (secondary N) is 1. The number of aromatic nitrogens is 6. The quantitative estimate of drug-likeness (QED) is 0.684. The predicted molar refractivity (Wildman–Crippen MR) is 113 cm³/mol. The molecule has 1 aliphatic carbocycles. The maximum Gasteiger partial charge on any atom is 0.160 e. The van der Waals surface area contributed by atoms with Gasteiger partial charge in [0.2, 0.25) is 0 Å². The molecule has 0 unspecified atom stereocenters. The van der Waals surface area contributed by atoms with Crippen molar-refractivity contribution in [2.75, 3.05) is 6.54 Å². The van der Waals surface area contributed by atoms with Gasteiger partial charge in [0.15, 0.2) is 5.82 Å². The van der Waals surface area contributed by atoms with E-state index in [0.29, 0.717) is 5.41 Å². The Morgan fingerprint density at radius 2 is 1.93 bits per heavy atom. The summed E-state index contributed by atoms with van der Waals surface area (Å²) in [5.41, 5.74) is 4.85. The van der Waals surface area contributed by atoms with Crippen molar-refractivity contribution in [3.63, 3.8) is 0 Å². The Kier molecular flexibility index (Phi) is 5.89. The van der Waals surface area contributed by atoms with Crippen molar-refractivity contribution in [1.82, 2.24) is 34.4 Å². The largest absolute Gasteiger partial charge is 0.329 e. The Balaban J connectivity index is 0.00000112. The molecule has 1 fully saturated rings. The van der Waals surface area contributed by atoms with Crippen LogP contribution >= 0.6 is 24.8 Å². The minimum absolute atomic E-state index is 0. The van der Waals surface area contributed by atoms with Gasteiger partial charge in [-0.1, -0.05) is 0 Å². The van der Waals surface area contributed by atoms with E-state index in [-0.39, 0.29) is 24.8 Å². The predicted octanol–water partition coefficient (Wildman–Crippen LogP) is 2.99. The monoisotopic (exact) mass is 423 g/mol. The van der Waals surface area contributed by atoms with Gasteiger partial charge in [0.1, 0.15) is 5.69 Å². The normalized spacial score (nSPS) is 16.8. The molecule has 0 saturated heterocycles. The minimum atomic E-state index is 0. The fourth-order valence-electron chi connectivity index (χ4n) is 4.03. The molecule has 7 nitrogen and oxygen atoms in total. The van der Waals surface area contributed by atoms with Gasteiger partial charge in [0, 0.05) is 49.7 Å². The highest BCUT2D eigenvalue weighted by Gasteiger charge is 2.44. The molecule has 9 heteroatoms. The number of aryl methyl sites for hydroxylation is 2. The van der Waals surface area contributed by atoms with Crippen LogP contribution in [0.3, 0.4) is 0 Å². The van der Waals surface area contributed by atoms with E-state index in [0.717, 1.165) is 49.9 Å². The first-order chi connectivity index (χ1) is 12.6. The van der Waals surface area contributed by atoms with Crippen LogP contribution in [0.4, 0.5) is 0 Å². The van der Waals surface area contributed by atoms with Crippen LogP contribution in [0.1, 0.15) is 29.9 Å². The van der Waals surface area contributed by atoms with E-state index < -0.39 is 0 Å². The first-order valence-corrected chi connectivity index (χ1v) is 9.42. The lowest BCUT2D eigenvalue weighted by molar-refractivity contribution is 0.342. The van der Waals surface area contributed by atoms with E-state index in [1.54, 1.807) is 0 Å². The van der Waals surface area contributed by atoms with Gasteiger partial charge < -0.3 is 9.88 Å². The van der Waals surface area contributed by atoms with Gasteiger partial charge in [-0.2, -0.15) is 10.2 Å². The lowest BCUT2D eigenvalue weighted by atomic mass is 10.1. The van der Waals surface area contributed by atoms with Crippen molar-refractivity contribution < 1.29 is 0 Å². The minimum Gasteiger partial charge on any atom is -0.329 e. The van der Waals surface area contributed by atoms with Crippen LogP contribution < -0.4 is 5.32 Å². The average Bonchev–Trinajstić information content (AvgIpc) is 2.96. The summed E-state index contributed by atoms with van der Waals surface area (Å²) < 4.78 is 6.55. The van der Waals surface area contributed by atoms with Gasteiger partial charge in [-0.25, -0.2) is 4.98 Å². The summed E-state index contributed by atoms with van der Waals surface area (Å²) in [4.78, 5) is 4.61. The molecule has 0 bridgehead atoms. The molecule has 0 amide bonds. The molecule has 1 saturated carbocycles. The highest BCUT2D eigenvalue weighted by molar-refractivity contribution is 5.85. The third kappa shape index (κ3) is 3.83. The summed E-state index contributed by atoms with van der Waals surface area (Å²) in [6.45, 7) is 8.95. The molecular formula is C19H27Cl2N7. The van der Waals surface area contributed by atoms with Gasteiger partial charge in [0.05, 0.1) is 17.9 Å². The fourth-order valence-corrected chi connectivity index (χ4v) is 4.03. The van der Waals surface area contributed by atoms with E-state index in [1.165, 1.54) is 24.2 Å². The van der Waals surface area contributed by atoms with Crippen LogP contribution in [0, 0.1) is 19.3 Å². The second-order valence-corrected chi connectivity index (χ2v) is 7.88. The van der Waals surface area contributed by atoms with Crippen molar-refractivity contribution in [3.8, 4) is 11.5 Å². The van der Waals surface area contributed by atoms with E-state index in [4.69, 9.17) is 5.10 Å². The molecule has 1 N–H and O–H groups in total. The number of hydrogen-bond donors (Lipinski definition) is 1. The number of nitrogens with zero attached hydrogens (tertiary/aromatic N) is 6. The molecule has 0 spiro atoms. The summed E-state index contributed by atoms with van der Waals surface area (Å²) in [6.07, 6.45) is 6.47. The van der Waals surface area contributed by atoms with Crippen molar-refractivity contribution in [2.24, 2.45) is 5.41 Å². The fraction of sp³-hybridized carbons (Fsp3) is 0.526. The third-order valence-corrected chi connectivity index (χ3v) is 5.67. The van der Waals surface area contributed by atoms with E-state index >= 15 is 0 Å². The zero-order valence-electron chi connectivity index (χ0n) is 16.3. The number of hydrogen-bond acceptors (Lipinski definition) is 4. The van der Waals surface area contributed by atoms with E-state index in [2.05, 4.69) is 61.5 Å². The van der Waals surface area contributed by atoms with Gasteiger partial charge >= 0.3 is 0 Å². The Hall–Kier alpha value is -1.83. The van der Waals surface area contributed by atoms with Crippen LogP contribution in [0.2, 0.25) is 0 Å². The SMILES string of the molecule is Cc1cc(C)n(CC2(Cn3ccnc3-c3cc4n(n3)CCNC4)CC2)n1.Cl.Cl. The van der Waals surface area contributed by atoms with Crippen LogP contribution in [-0.4, -0.2) is 35.7 Å². The van der Waals surface area contributed by atoms with Crippen molar-refractivity contribution in [3.05, 3.63) is 41.6 Å². The highest BCUT2D eigenvalue weighted by atomic mass is 35.5. The lowest BCUT2D eigenvalue weighted by Crippen LogP contribution is -2.28. The summed E-state index contributed by atoms with van der Waals surface area (Å²) in [5, 5.41) is 12.8. The second-order valence-electron chi connectivity index (χ2n) is 7.88. The molecule has 3 aromatic heterocycles. The molecule has 2 aliphatic rings. The molecular weight excluding hydrogens is 397 g/mol. The number of imidazole rings is 1. The summed E-state index contributed by atoms with van der Waals surface area (Å²) in [6, 6.07) is 4.33. The number of rotatable bonds is 5. The van der Waals surface area contributed by atoms with Crippen LogP contribution in [0.15, 0.2) is 24.5 Å². The number of halogens is 2. The maximum absolute atomic E-state index is 4.78. The molecule has 4 heterocycles. The first kappa shape index (κ1) is 20.9. The summed E-state index contributed by atoms with van der Waals surface area (Å²) in [5.74, 6) is 0.978. The topological polar surface area (TPSA) is 65.5 Å². The van der Waals surface area contributed by atoms with Crippen molar-refractivity contribution in [2.45, 2.75) is 52.9 Å². The molecule has 0 atom stereocenters. The molecule has 0 aromatic carbocycles. The van der Waals surface area contributed by atoms with Crippen molar-refractivity contribution in [1.29, 1.82) is 0 Å². The molecule has 28 heavy (non-hydrogen) atoms. The molecule has 1 aliphatic heterocycles. The summed E-state index contributed by atoms with van der Waals surface area (Å²) >= 11 is 0. The van der Waals surface area contributed by atoms with Gasteiger partial charge in [0.25, 0.3) is 0 Å². The van der Waals surface area contributed by atoms with Gasteiger partial charge in [-0.3, -0.25) is 9.36 Å². The van der Waals surface area contributed by atoms with E-state index in [1.807, 2.05) is 6.20 Å². The second kappa shape index (κ2) is 7.89. The van der Waals surface area contributed by atoms with E-state index in [9.17, 15) is 0 Å². The zero-order valence-corrected chi connectivity index (χ0v) is 17.9. The molecule has 0 radical (unpaired) electrons. The Bertz CT molecular complexity index is 928. The maximum atomic E-state index is 4.78. The molecule has 3 aromatic rings. The van der Waals surface area contributed by atoms with Gasteiger partial charge in [-0.05, 0) is 38.8 Å². The Morgan fingerprint density at radius 3 is 2.61 bits per heavy atom. The van der Waals surface area contributed by atoms with Crippen LogP contribution in [0.5, 0.6) is 0 Å². The number of fused-ring (bicyclic) bond motifs is 1. The first-order valence-electron chi connectivity index (χ1n) is 9.42. The highest BCUT2D eigenvalue weighted by Crippen LogP contribution is 2.49. The summed E-state index contributed by atoms with van der Waals surface area (Å²) in [7, 11) is 0. The zero-order chi connectivity index (χ0) is 17.7. The Morgan fingerprint density at radius 1 is 1.11 bits per heavy atom. The molecule has 5 rings (SSSR count). The molecule has 152 valence electrons. The van der Waals surface area contributed by atoms with Gasteiger partial charge in [-0.15, -0.1) is 24.8 Å². The Labute approximate surface area is 177 Å². The average molecular weight is 424 g/mol.